The summed E-state index contributed by atoms with van der Waals surface area (Å²) in [7, 11) is 0. The molecule has 3 atom stereocenters. The maximum absolute atomic E-state index is 12.9. The largest absolute Gasteiger partial charge is 0.481 e. The Labute approximate surface area is 187 Å². The number of benzene rings is 2. The molecular formula is C25H28N2O5. The number of carbonyl (C=O) groups is 3. The number of nitrogens with one attached hydrogen (secondary N) is 1. The van der Waals surface area contributed by atoms with Gasteiger partial charge in [-0.1, -0.05) is 55.5 Å². The summed E-state index contributed by atoms with van der Waals surface area (Å²) in [5.41, 5.74) is 4.54. The van der Waals surface area contributed by atoms with Crippen LogP contribution in [0.2, 0.25) is 0 Å². The average Bonchev–Trinajstić information content (AvgIpc) is 3.34. The molecule has 0 aromatic heterocycles. The summed E-state index contributed by atoms with van der Waals surface area (Å²) in [6.45, 7) is 4.09. The molecule has 1 saturated heterocycles. The number of carboxylic acid groups (broad SMARTS) is 1. The highest BCUT2D eigenvalue weighted by molar-refractivity contribution is 5.87. The van der Waals surface area contributed by atoms with Crippen molar-refractivity contribution in [3.8, 4) is 11.1 Å². The number of aliphatic carboxylic acids is 1. The molecular weight excluding hydrogens is 408 g/mol. The number of nitrogens with zero attached hydrogens (tertiary/aromatic N) is 1. The van der Waals surface area contributed by atoms with Crippen molar-refractivity contribution in [1.82, 2.24) is 10.2 Å². The summed E-state index contributed by atoms with van der Waals surface area (Å²) in [6, 6.07) is 15.0. The molecule has 2 aromatic carbocycles. The van der Waals surface area contributed by atoms with Gasteiger partial charge in [0.15, 0.2) is 0 Å². The van der Waals surface area contributed by atoms with Crippen LogP contribution in [-0.2, 0) is 14.3 Å². The van der Waals surface area contributed by atoms with Crippen molar-refractivity contribution in [2.45, 2.75) is 44.7 Å². The van der Waals surface area contributed by atoms with Crippen LogP contribution in [0.4, 0.5) is 4.79 Å². The van der Waals surface area contributed by atoms with Gasteiger partial charge in [-0.05, 0) is 42.0 Å². The lowest BCUT2D eigenvalue weighted by molar-refractivity contribution is -0.143. The number of rotatable bonds is 6. The fourth-order valence-corrected chi connectivity index (χ4v) is 4.90. The van der Waals surface area contributed by atoms with Crippen LogP contribution in [0.25, 0.3) is 11.1 Å². The van der Waals surface area contributed by atoms with Gasteiger partial charge in [0.25, 0.3) is 0 Å². The first-order valence-electron chi connectivity index (χ1n) is 11.1. The van der Waals surface area contributed by atoms with Gasteiger partial charge in [-0.25, -0.2) is 4.79 Å². The van der Waals surface area contributed by atoms with Gasteiger partial charge < -0.3 is 20.1 Å². The van der Waals surface area contributed by atoms with E-state index < -0.39 is 30.1 Å². The lowest BCUT2D eigenvalue weighted by atomic mass is 9.98. The van der Waals surface area contributed by atoms with Gasteiger partial charge in [-0.2, -0.15) is 0 Å². The Kier molecular flexibility index (Phi) is 6.17. The Morgan fingerprint density at radius 1 is 1.09 bits per heavy atom. The first-order chi connectivity index (χ1) is 15.4. The molecule has 1 fully saturated rings. The molecule has 4 rings (SSSR count). The third kappa shape index (κ3) is 3.95. The van der Waals surface area contributed by atoms with E-state index in [4.69, 9.17) is 4.74 Å². The summed E-state index contributed by atoms with van der Waals surface area (Å²) in [4.78, 5) is 38.4. The van der Waals surface area contributed by atoms with E-state index in [2.05, 4.69) is 17.4 Å². The summed E-state index contributed by atoms with van der Waals surface area (Å²) in [6.07, 6.45) is 0.168. The molecule has 1 heterocycles. The molecule has 7 nitrogen and oxygen atoms in total. The highest BCUT2D eigenvalue weighted by Crippen LogP contribution is 2.44. The molecule has 0 bridgehead atoms. The van der Waals surface area contributed by atoms with E-state index in [-0.39, 0.29) is 18.4 Å². The Balaban J connectivity index is 1.39. The van der Waals surface area contributed by atoms with Crippen LogP contribution in [0, 0.1) is 5.92 Å². The number of hydrogen-bond acceptors (Lipinski definition) is 4. The molecule has 1 aliphatic heterocycles. The van der Waals surface area contributed by atoms with Crippen molar-refractivity contribution < 1.29 is 24.2 Å². The number of fused-ring (bicyclic) bond motifs is 3. The molecule has 7 heteroatoms. The number of alkyl carbamates (subject to hydrolysis) is 1. The molecule has 168 valence electrons. The van der Waals surface area contributed by atoms with Crippen molar-refractivity contribution in [3.05, 3.63) is 59.7 Å². The van der Waals surface area contributed by atoms with Crippen molar-refractivity contribution in [2.24, 2.45) is 5.92 Å². The monoisotopic (exact) mass is 436 g/mol. The Morgan fingerprint density at radius 3 is 2.22 bits per heavy atom. The number of ether oxygens (including phenoxy) is 1. The van der Waals surface area contributed by atoms with Gasteiger partial charge in [0.05, 0.1) is 5.92 Å². The van der Waals surface area contributed by atoms with Crippen LogP contribution in [0.3, 0.4) is 0 Å². The second-order valence-corrected chi connectivity index (χ2v) is 8.44. The SMILES string of the molecule is CCC(NC(=O)OCC1c2ccccc2-c2ccccc21)C(=O)N1CCC(C(=O)O)C1C. The quantitative estimate of drug-likeness (QED) is 0.721. The van der Waals surface area contributed by atoms with Gasteiger partial charge in [-0.15, -0.1) is 0 Å². The molecule has 2 aromatic rings. The fourth-order valence-electron chi connectivity index (χ4n) is 4.90. The smallest absolute Gasteiger partial charge is 0.407 e. The highest BCUT2D eigenvalue weighted by atomic mass is 16.5. The minimum absolute atomic E-state index is 0.0566. The lowest BCUT2D eigenvalue weighted by Gasteiger charge is -2.28. The minimum Gasteiger partial charge on any atom is -0.481 e. The highest BCUT2D eigenvalue weighted by Gasteiger charge is 2.40. The number of hydrogen-bond donors (Lipinski definition) is 2. The summed E-state index contributed by atoms with van der Waals surface area (Å²) >= 11 is 0. The van der Waals surface area contributed by atoms with E-state index in [0.29, 0.717) is 19.4 Å². The topological polar surface area (TPSA) is 95.9 Å². The normalized spacial score (nSPS) is 20.4. The van der Waals surface area contributed by atoms with Crippen LogP contribution in [0.1, 0.15) is 43.7 Å². The van der Waals surface area contributed by atoms with Crippen LogP contribution < -0.4 is 5.32 Å². The van der Waals surface area contributed by atoms with Crippen LogP contribution in [-0.4, -0.2) is 53.2 Å². The van der Waals surface area contributed by atoms with Gasteiger partial charge in [0.2, 0.25) is 5.91 Å². The molecule has 0 saturated carbocycles. The van der Waals surface area contributed by atoms with E-state index in [1.54, 1.807) is 11.8 Å². The van der Waals surface area contributed by atoms with E-state index in [1.165, 1.54) is 0 Å². The van der Waals surface area contributed by atoms with Crippen LogP contribution >= 0.6 is 0 Å². The third-order valence-corrected chi connectivity index (χ3v) is 6.70. The standard InChI is InChI=1S/C25H28N2O5/c1-3-22(23(28)27-13-12-16(15(27)2)24(29)30)26-25(31)32-14-21-19-10-6-4-8-17(19)18-9-5-7-11-20(18)21/h4-11,15-16,21-22H,3,12-14H2,1-2H3,(H,26,31)(H,29,30). The molecule has 1 aliphatic carbocycles. The molecule has 2 N–H and O–H groups in total. The summed E-state index contributed by atoms with van der Waals surface area (Å²) < 4.78 is 5.56. The summed E-state index contributed by atoms with van der Waals surface area (Å²) in [5, 5.41) is 12.0. The lowest BCUT2D eigenvalue weighted by Crippen LogP contribution is -2.50. The predicted octanol–water partition coefficient (Wildman–Crippen LogP) is 3.63. The Morgan fingerprint density at radius 2 is 1.69 bits per heavy atom. The Hall–Kier alpha value is -3.35. The van der Waals surface area contributed by atoms with Gasteiger partial charge in [0, 0.05) is 18.5 Å². The maximum atomic E-state index is 12.9. The van der Waals surface area contributed by atoms with E-state index >= 15 is 0 Å². The molecule has 32 heavy (non-hydrogen) atoms. The van der Waals surface area contributed by atoms with Crippen LogP contribution in [0.15, 0.2) is 48.5 Å². The van der Waals surface area contributed by atoms with Crippen molar-refractivity contribution >= 4 is 18.0 Å². The van der Waals surface area contributed by atoms with Gasteiger partial charge in [0.1, 0.15) is 12.6 Å². The van der Waals surface area contributed by atoms with Crippen LogP contribution in [0.5, 0.6) is 0 Å². The Bertz CT molecular complexity index is 991. The zero-order valence-corrected chi connectivity index (χ0v) is 18.3. The van der Waals surface area contributed by atoms with Crippen molar-refractivity contribution in [1.29, 1.82) is 0 Å². The molecule has 2 amide bonds. The molecule has 3 unspecified atom stereocenters. The zero-order chi connectivity index (χ0) is 22.8. The van der Waals surface area contributed by atoms with Crippen molar-refractivity contribution in [3.63, 3.8) is 0 Å². The number of carboxylic acids is 1. The molecule has 0 spiro atoms. The number of amides is 2. The second kappa shape index (κ2) is 9.02. The second-order valence-electron chi connectivity index (χ2n) is 8.44. The summed E-state index contributed by atoms with van der Waals surface area (Å²) in [5.74, 6) is -1.80. The van der Waals surface area contributed by atoms with E-state index in [1.807, 2.05) is 43.3 Å². The van der Waals surface area contributed by atoms with Gasteiger partial charge in [-0.3, -0.25) is 9.59 Å². The number of carbonyl (C=O) groups excluding carboxylic acids is 2. The fraction of sp³-hybridized carbons (Fsp3) is 0.400. The van der Waals surface area contributed by atoms with E-state index in [0.717, 1.165) is 22.3 Å². The van der Waals surface area contributed by atoms with Crippen molar-refractivity contribution in [2.75, 3.05) is 13.2 Å². The maximum Gasteiger partial charge on any atom is 0.407 e. The van der Waals surface area contributed by atoms with E-state index in [9.17, 15) is 19.5 Å². The molecule has 2 aliphatic rings. The first-order valence-corrected chi connectivity index (χ1v) is 11.1. The third-order valence-electron chi connectivity index (χ3n) is 6.70. The zero-order valence-electron chi connectivity index (χ0n) is 18.3. The predicted molar refractivity (Wildman–Crippen MR) is 119 cm³/mol. The minimum atomic E-state index is -0.898. The molecule has 0 radical (unpaired) electrons. The van der Waals surface area contributed by atoms with Gasteiger partial charge >= 0.3 is 12.1 Å². The average molecular weight is 437 g/mol. The number of likely N-dealkylation sites (tertiary alicyclic amines) is 1. The first kappa shape index (κ1) is 21.9.